The first-order chi connectivity index (χ1) is 15.2. The normalized spacial score (nSPS) is 23.2. The summed E-state index contributed by atoms with van der Waals surface area (Å²) in [7, 11) is -6.81. The second kappa shape index (κ2) is 12.9. The Labute approximate surface area is 186 Å². The van der Waals surface area contributed by atoms with Gasteiger partial charge in [0.25, 0.3) is 5.56 Å². The van der Waals surface area contributed by atoms with Crippen LogP contribution in [0.2, 0.25) is 0 Å². The summed E-state index contributed by atoms with van der Waals surface area (Å²) in [6.45, 7) is 5.30. The van der Waals surface area contributed by atoms with Crippen molar-refractivity contribution in [3.8, 4) is 0 Å². The predicted octanol–water partition coefficient (Wildman–Crippen LogP) is 2.93. The van der Waals surface area contributed by atoms with Crippen LogP contribution in [0, 0.1) is 6.92 Å². The van der Waals surface area contributed by atoms with Gasteiger partial charge in [-0.05, 0) is 19.8 Å². The van der Waals surface area contributed by atoms with Gasteiger partial charge < -0.3 is 9.63 Å². The Balaban J connectivity index is 2.11. The smallest absolute Gasteiger partial charge is 0.349 e. The number of aromatic nitrogens is 2. The average Bonchev–Trinajstić information content (AvgIpc) is 3.12. The van der Waals surface area contributed by atoms with E-state index in [2.05, 4.69) is 4.98 Å². The maximum absolute atomic E-state index is 12.2. The lowest BCUT2D eigenvalue weighted by Crippen LogP contribution is -2.33. The molecule has 1 aromatic heterocycles. The quantitative estimate of drug-likeness (QED) is 0.289. The van der Waals surface area contributed by atoms with Crippen LogP contribution < -0.4 is 11.2 Å². The SMILES string of the molecule is CCCCO[P+](=O)O[C@H]1CC(n2cc(C)c(=O)[nH]c2=O)O[C@@H]1COP(=O)(O)OCCCC. The Bertz CT molecular complexity index is 918. The molecule has 0 spiro atoms. The number of H-pyrrole nitrogens is 1. The number of hydrogen-bond donors (Lipinski definition) is 2. The van der Waals surface area contributed by atoms with Gasteiger partial charge in [-0.2, -0.15) is 0 Å². The van der Waals surface area contributed by atoms with Gasteiger partial charge in [-0.3, -0.25) is 23.4 Å². The largest absolute Gasteiger partial charge is 0.697 e. The molecule has 1 aliphatic rings. The van der Waals surface area contributed by atoms with Gasteiger partial charge in [-0.1, -0.05) is 26.7 Å². The van der Waals surface area contributed by atoms with Crippen molar-refractivity contribution in [2.24, 2.45) is 0 Å². The molecule has 3 unspecified atom stereocenters. The van der Waals surface area contributed by atoms with Gasteiger partial charge in [0.1, 0.15) is 25.0 Å². The molecule has 1 fully saturated rings. The first-order valence-corrected chi connectivity index (χ1v) is 13.1. The third-order valence-corrected chi connectivity index (χ3v) is 6.53. The van der Waals surface area contributed by atoms with Gasteiger partial charge in [0.15, 0.2) is 0 Å². The van der Waals surface area contributed by atoms with Crippen LogP contribution >= 0.6 is 16.1 Å². The molecule has 1 aliphatic heterocycles. The van der Waals surface area contributed by atoms with Crippen molar-refractivity contribution in [1.82, 2.24) is 9.55 Å². The number of rotatable bonds is 14. The Morgan fingerprint density at radius 1 is 1.25 bits per heavy atom. The molecule has 0 radical (unpaired) electrons. The molecule has 5 atom stereocenters. The molecule has 1 aromatic rings. The zero-order valence-corrected chi connectivity index (χ0v) is 20.2. The van der Waals surface area contributed by atoms with Gasteiger partial charge in [-0.15, -0.1) is 9.05 Å². The van der Waals surface area contributed by atoms with Gasteiger partial charge in [-0.25, -0.2) is 9.36 Å². The van der Waals surface area contributed by atoms with E-state index in [1.807, 2.05) is 13.8 Å². The summed E-state index contributed by atoms with van der Waals surface area (Å²) < 4.78 is 51.7. The van der Waals surface area contributed by atoms with Crippen molar-refractivity contribution in [2.45, 2.75) is 71.3 Å². The number of aryl methyl sites for hydroxylation is 1. The van der Waals surface area contributed by atoms with Crippen LogP contribution in [0.1, 0.15) is 57.7 Å². The van der Waals surface area contributed by atoms with Gasteiger partial charge in [0.05, 0.1) is 13.2 Å². The van der Waals surface area contributed by atoms with Crippen LogP contribution in [0.4, 0.5) is 0 Å². The number of nitrogens with zero attached hydrogens (tertiary/aromatic N) is 1. The molecule has 0 saturated carbocycles. The summed E-state index contributed by atoms with van der Waals surface area (Å²) in [5.41, 5.74) is -0.913. The third kappa shape index (κ3) is 8.28. The van der Waals surface area contributed by atoms with E-state index in [0.29, 0.717) is 18.4 Å². The topological polar surface area (TPSA) is 155 Å². The number of aromatic amines is 1. The van der Waals surface area contributed by atoms with Gasteiger partial charge >= 0.3 is 21.8 Å². The highest BCUT2D eigenvalue weighted by Gasteiger charge is 2.44. The Kier molecular flexibility index (Phi) is 10.9. The molecule has 14 heteroatoms. The number of unbranched alkanes of at least 4 members (excludes halogenated alkanes) is 2. The Morgan fingerprint density at radius 3 is 2.62 bits per heavy atom. The van der Waals surface area contributed by atoms with Crippen molar-refractivity contribution >= 4 is 16.1 Å². The summed E-state index contributed by atoms with van der Waals surface area (Å²) >= 11 is 0. The van der Waals surface area contributed by atoms with Gasteiger partial charge in [0, 0.05) is 22.7 Å². The highest BCUT2D eigenvalue weighted by atomic mass is 31.2. The summed E-state index contributed by atoms with van der Waals surface area (Å²) in [6, 6.07) is 0. The summed E-state index contributed by atoms with van der Waals surface area (Å²) in [5.74, 6) is 0. The second-order valence-electron chi connectivity index (χ2n) is 7.35. The maximum Gasteiger partial charge on any atom is 0.697 e. The number of ether oxygens (including phenoxy) is 1. The number of nitrogens with one attached hydrogen (secondary N) is 1. The monoisotopic (exact) mass is 497 g/mol. The van der Waals surface area contributed by atoms with Crippen LogP contribution in [-0.2, 0) is 32.0 Å². The summed E-state index contributed by atoms with van der Waals surface area (Å²) in [6.07, 6.45) is 1.66. The minimum absolute atomic E-state index is 0.0571. The lowest BCUT2D eigenvalue weighted by Gasteiger charge is -2.18. The minimum Gasteiger partial charge on any atom is -0.349 e. The highest BCUT2D eigenvalue weighted by molar-refractivity contribution is 7.47. The lowest BCUT2D eigenvalue weighted by atomic mass is 10.2. The second-order valence-corrected chi connectivity index (χ2v) is 9.72. The first-order valence-electron chi connectivity index (χ1n) is 10.5. The van der Waals surface area contributed by atoms with Crippen LogP contribution in [0.5, 0.6) is 0 Å². The molecule has 2 N–H and O–H groups in total. The standard InChI is InChI=1S/C18H30N2O10P2/c1-4-6-8-26-31(23)30-14-10-16(20-11-13(3)17(21)19-18(20)22)29-15(14)12-28-32(24,25)27-9-7-5-2/h11,14-16H,4-10,12H2,1-3H3,(H-,19,21,22,24,25)/p+1/t14-,15+,16?/m0/s1. The first kappa shape index (κ1) is 27.0. The molecule has 0 bridgehead atoms. The van der Waals surface area contributed by atoms with E-state index in [9.17, 15) is 23.6 Å². The molecular weight excluding hydrogens is 466 g/mol. The molecule has 182 valence electrons. The van der Waals surface area contributed by atoms with Crippen molar-refractivity contribution in [3.63, 3.8) is 0 Å². The Hall–Kier alpha value is -1.23. The number of phosphoric ester groups is 1. The van der Waals surface area contributed by atoms with E-state index in [1.165, 1.54) is 17.7 Å². The highest BCUT2D eigenvalue weighted by Crippen LogP contribution is 2.45. The molecule has 12 nitrogen and oxygen atoms in total. The summed E-state index contributed by atoms with van der Waals surface area (Å²) in [5, 5.41) is 0. The van der Waals surface area contributed by atoms with E-state index in [0.717, 1.165) is 12.8 Å². The summed E-state index contributed by atoms with van der Waals surface area (Å²) in [4.78, 5) is 35.9. The van der Waals surface area contributed by atoms with Crippen molar-refractivity contribution < 1.29 is 36.9 Å². The predicted molar refractivity (Wildman–Crippen MR) is 115 cm³/mol. The molecule has 2 heterocycles. The van der Waals surface area contributed by atoms with Crippen molar-refractivity contribution in [3.05, 3.63) is 32.6 Å². The van der Waals surface area contributed by atoms with E-state index in [-0.39, 0.29) is 19.6 Å². The van der Waals surface area contributed by atoms with Crippen molar-refractivity contribution in [2.75, 3.05) is 19.8 Å². The van der Waals surface area contributed by atoms with Crippen LogP contribution in [0.3, 0.4) is 0 Å². The van der Waals surface area contributed by atoms with Crippen LogP contribution in [0.15, 0.2) is 15.8 Å². The van der Waals surface area contributed by atoms with Crippen molar-refractivity contribution in [1.29, 1.82) is 0 Å². The number of phosphoric acid groups is 1. The fourth-order valence-electron chi connectivity index (χ4n) is 2.89. The lowest BCUT2D eigenvalue weighted by molar-refractivity contribution is -0.0436. The molecule has 0 amide bonds. The van der Waals surface area contributed by atoms with E-state index < -0.39 is 52.4 Å². The maximum atomic E-state index is 12.2. The van der Waals surface area contributed by atoms with Crippen LogP contribution in [0.25, 0.3) is 0 Å². The van der Waals surface area contributed by atoms with E-state index in [4.69, 9.17) is 22.8 Å². The molecular formula is C18H31N2O10P2+. The third-order valence-electron chi connectivity index (χ3n) is 4.71. The molecule has 0 aromatic carbocycles. The zero-order chi connectivity index (χ0) is 23.7. The Morgan fingerprint density at radius 2 is 1.94 bits per heavy atom. The average molecular weight is 497 g/mol. The molecule has 0 aliphatic carbocycles. The van der Waals surface area contributed by atoms with Crippen LogP contribution in [-0.4, -0.2) is 46.5 Å². The van der Waals surface area contributed by atoms with E-state index >= 15 is 0 Å². The molecule has 32 heavy (non-hydrogen) atoms. The van der Waals surface area contributed by atoms with Gasteiger partial charge in [0.2, 0.25) is 0 Å². The fraction of sp³-hybridized carbons (Fsp3) is 0.778. The fourth-order valence-corrected chi connectivity index (χ4v) is 4.44. The minimum atomic E-state index is -4.33. The molecule has 1 saturated heterocycles. The molecule has 2 rings (SSSR count). The van der Waals surface area contributed by atoms with E-state index in [1.54, 1.807) is 0 Å². The zero-order valence-electron chi connectivity index (χ0n) is 18.4. The number of hydrogen-bond acceptors (Lipinski definition) is 9.